The highest BCUT2D eigenvalue weighted by Gasteiger charge is 2.26. The third kappa shape index (κ3) is 3.05. The van der Waals surface area contributed by atoms with Crippen molar-refractivity contribution in [3.8, 4) is 0 Å². The second kappa shape index (κ2) is 6.88. The van der Waals surface area contributed by atoms with Gasteiger partial charge in [-0.05, 0) is 18.1 Å². The van der Waals surface area contributed by atoms with Gasteiger partial charge in [0.2, 0.25) is 0 Å². The Morgan fingerprint density at radius 3 is 2.75 bits per heavy atom. The van der Waals surface area contributed by atoms with Crippen molar-refractivity contribution in [3.63, 3.8) is 0 Å². The number of carboxylic acids is 1. The summed E-state index contributed by atoms with van der Waals surface area (Å²) in [6, 6.07) is 11.1. The Kier molecular flexibility index (Phi) is 4.66. The van der Waals surface area contributed by atoms with Gasteiger partial charge in [0.15, 0.2) is 0 Å². The fraction of sp³-hybridized carbons (Fsp3) is 0.333. The molecule has 24 heavy (non-hydrogen) atoms. The van der Waals surface area contributed by atoms with Crippen LogP contribution in [0.25, 0.3) is 0 Å². The van der Waals surface area contributed by atoms with E-state index in [1.807, 2.05) is 37.3 Å². The highest BCUT2D eigenvalue weighted by molar-refractivity contribution is 5.98. The van der Waals surface area contributed by atoms with Gasteiger partial charge in [-0.15, -0.1) is 0 Å². The highest BCUT2D eigenvalue weighted by atomic mass is 16.5. The highest BCUT2D eigenvalue weighted by Crippen LogP contribution is 2.23. The summed E-state index contributed by atoms with van der Waals surface area (Å²) in [5.41, 5.74) is 2.08. The Morgan fingerprint density at radius 2 is 2.08 bits per heavy atom. The summed E-state index contributed by atoms with van der Waals surface area (Å²) < 4.78 is 7.09. The first-order valence-corrected chi connectivity index (χ1v) is 8.01. The van der Waals surface area contributed by atoms with Gasteiger partial charge in [-0.2, -0.15) is 0 Å². The van der Waals surface area contributed by atoms with Gasteiger partial charge in [0, 0.05) is 6.54 Å². The van der Waals surface area contributed by atoms with E-state index in [1.54, 1.807) is 4.57 Å². The topological polar surface area (TPSA) is 80.6 Å². The van der Waals surface area contributed by atoms with E-state index in [0.29, 0.717) is 24.5 Å². The molecule has 0 saturated heterocycles. The number of aromatic carboxylic acids is 1. The Hall–Kier alpha value is -2.60. The van der Waals surface area contributed by atoms with Crippen LogP contribution in [0.15, 0.2) is 36.4 Å². The SMILES string of the molecule is CCC(NC(=O)c1cc(C(=O)O)c2n1CCOC2)c1ccccc1. The fourth-order valence-corrected chi connectivity index (χ4v) is 3.04. The molecule has 0 aliphatic carbocycles. The average Bonchev–Trinajstić information content (AvgIpc) is 3.00. The van der Waals surface area contributed by atoms with Crippen molar-refractivity contribution in [2.75, 3.05) is 6.61 Å². The van der Waals surface area contributed by atoms with Crippen LogP contribution in [-0.2, 0) is 17.9 Å². The number of nitrogens with one attached hydrogen (secondary N) is 1. The molecule has 1 atom stereocenters. The Balaban J connectivity index is 1.88. The molecule has 1 aromatic carbocycles. The van der Waals surface area contributed by atoms with Gasteiger partial charge in [0.05, 0.1) is 30.5 Å². The van der Waals surface area contributed by atoms with Crippen LogP contribution in [0.1, 0.15) is 51.5 Å². The van der Waals surface area contributed by atoms with Crippen LogP contribution in [0, 0.1) is 0 Å². The molecule has 0 saturated carbocycles. The monoisotopic (exact) mass is 328 g/mol. The van der Waals surface area contributed by atoms with E-state index in [1.165, 1.54) is 6.07 Å². The van der Waals surface area contributed by atoms with Crippen LogP contribution in [-0.4, -0.2) is 28.2 Å². The molecule has 0 spiro atoms. The second-order valence-corrected chi connectivity index (χ2v) is 5.74. The van der Waals surface area contributed by atoms with Crippen LogP contribution in [0.4, 0.5) is 0 Å². The van der Waals surface area contributed by atoms with Crippen molar-refractivity contribution in [2.45, 2.75) is 32.5 Å². The van der Waals surface area contributed by atoms with Crippen molar-refractivity contribution < 1.29 is 19.4 Å². The van der Waals surface area contributed by atoms with Crippen molar-refractivity contribution in [1.82, 2.24) is 9.88 Å². The minimum absolute atomic E-state index is 0.113. The van der Waals surface area contributed by atoms with E-state index in [-0.39, 0.29) is 24.1 Å². The van der Waals surface area contributed by atoms with Gasteiger partial charge in [-0.3, -0.25) is 4.79 Å². The average molecular weight is 328 g/mol. The smallest absolute Gasteiger partial charge is 0.337 e. The minimum Gasteiger partial charge on any atom is -0.478 e. The lowest BCUT2D eigenvalue weighted by molar-refractivity contribution is 0.0656. The number of hydrogen-bond donors (Lipinski definition) is 2. The summed E-state index contributed by atoms with van der Waals surface area (Å²) in [4.78, 5) is 24.1. The van der Waals surface area contributed by atoms with Crippen LogP contribution < -0.4 is 5.32 Å². The molecule has 3 rings (SSSR count). The Morgan fingerprint density at radius 1 is 1.33 bits per heavy atom. The van der Waals surface area contributed by atoms with Crippen molar-refractivity contribution in [1.29, 1.82) is 0 Å². The molecule has 6 nitrogen and oxygen atoms in total. The standard InChI is InChI=1S/C18H20N2O4/c1-2-14(12-6-4-3-5-7-12)19-17(21)15-10-13(18(22)23)16-11-24-9-8-20(15)16/h3-7,10,14H,2,8-9,11H2,1H3,(H,19,21)(H,22,23). The molecule has 1 aliphatic heterocycles. The quantitative estimate of drug-likeness (QED) is 0.884. The van der Waals surface area contributed by atoms with E-state index >= 15 is 0 Å². The number of fused-ring (bicyclic) bond motifs is 1. The maximum absolute atomic E-state index is 12.7. The number of carboxylic acid groups (broad SMARTS) is 1. The van der Waals surface area contributed by atoms with Crippen LogP contribution in [0.2, 0.25) is 0 Å². The van der Waals surface area contributed by atoms with Crippen molar-refractivity contribution in [3.05, 3.63) is 58.9 Å². The molecule has 0 fully saturated rings. The third-order valence-electron chi connectivity index (χ3n) is 4.29. The molecule has 2 N–H and O–H groups in total. The maximum Gasteiger partial charge on any atom is 0.337 e. The van der Waals surface area contributed by atoms with E-state index in [0.717, 1.165) is 12.0 Å². The molecule has 0 bridgehead atoms. The molecule has 6 heteroatoms. The molecule has 1 unspecified atom stereocenters. The summed E-state index contributed by atoms with van der Waals surface area (Å²) in [6.45, 7) is 3.16. The van der Waals surface area contributed by atoms with Crippen LogP contribution in [0.5, 0.6) is 0 Å². The molecule has 126 valence electrons. The van der Waals surface area contributed by atoms with Crippen LogP contribution in [0.3, 0.4) is 0 Å². The lowest BCUT2D eigenvalue weighted by Gasteiger charge is -2.21. The zero-order valence-electron chi connectivity index (χ0n) is 13.5. The second-order valence-electron chi connectivity index (χ2n) is 5.74. The summed E-state index contributed by atoms with van der Waals surface area (Å²) >= 11 is 0. The number of nitrogens with zero attached hydrogens (tertiary/aromatic N) is 1. The molecule has 2 heterocycles. The predicted octanol–water partition coefficient (Wildman–Crippen LogP) is 2.60. The first-order valence-electron chi connectivity index (χ1n) is 8.01. The number of ether oxygens (including phenoxy) is 1. The van der Waals surface area contributed by atoms with E-state index < -0.39 is 5.97 Å². The number of rotatable bonds is 5. The predicted molar refractivity (Wildman–Crippen MR) is 88.0 cm³/mol. The number of benzene rings is 1. The maximum atomic E-state index is 12.7. The Bertz CT molecular complexity index is 752. The van der Waals surface area contributed by atoms with E-state index in [2.05, 4.69) is 5.32 Å². The summed E-state index contributed by atoms with van der Waals surface area (Å²) in [7, 11) is 0. The minimum atomic E-state index is -1.04. The normalized spacial score (nSPS) is 14.7. The van der Waals surface area contributed by atoms with Gasteiger partial charge in [-0.25, -0.2) is 4.79 Å². The largest absolute Gasteiger partial charge is 0.478 e. The number of hydrogen-bond acceptors (Lipinski definition) is 3. The molecular formula is C18H20N2O4. The number of aromatic nitrogens is 1. The molecule has 1 aromatic heterocycles. The van der Waals surface area contributed by atoms with Crippen LogP contribution >= 0.6 is 0 Å². The zero-order chi connectivity index (χ0) is 17.1. The first-order chi connectivity index (χ1) is 11.6. The number of amides is 1. The van der Waals surface area contributed by atoms with Gasteiger partial charge in [0.1, 0.15) is 5.69 Å². The van der Waals surface area contributed by atoms with Crippen molar-refractivity contribution >= 4 is 11.9 Å². The fourth-order valence-electron chi connectivity index (χ4n) is 3.04. The molecular weight excluding hydrogens is 308 g/mol. The summed E-state index contributed by atoms with van der Waals surface area (Å²) in [5, 5.41) is 12.3. The van der Waals surface area contributed by atoms with E-state index in [9.17, 15) is 14.7 Å². The molecule has 2 aromatic rings. The third-order valence-corrected chi connectivity index (χ3v) is 4.29. The number of carbonyl (C=O) groups excluding carboxylic acids is 1. The molecule has 0 radical (unpaired) electrons. The first kappa shape index (κ1) is 16.3. The van der Waals surface area contributed by atoms with E-state index in [4.69, 9.17) is 4.74 Å². The van der Waals surface area contributed by atoms with Gasteiger partial charge in [-0.1, -0.05) is 37.3 Å². The number of carbonyl (C=O) groups is 2. The van der Waals surface area contributed by atoms with Gasteiger partial charge >= 0.3 is 5.97 Å². The zero-order valence-corrected chi connectivity index (χ0v) is 13.5. The van der Waals surface area contributed by atoms with Gasteiger partial charge in [0.25, 0.3) is 5.91 Å². The van der Waals surface area contributed by atoms with Crippen molar-refractivity contribution in [2.24, 2.45) is 0 Å². The lowest BCUT2D eigenvalue weighted by atomic mass is 10.0. The summed E-state index contributed by atoms with van der Waals surface area (Å²) in [6.07, 6.45) is 0.748. The van der Waals surface area contributed by atoms with Gasteiger partial charge < -0.3 is 19.7 Å². The molecule has 1 amide bonds. The Labute approximate surface area is 140 Å². The lowest BCUT2D eigenvalue weighted by Crippen LogP contribution is -2.31. The molecule has 1 aliphatic rings. The summed E-state index contributed by atoms with van der Waals surface area (Å²) in [5.74, 6) is -1.31.